The average Bonchev–Trinajstić information content (AvgIpc) is 2.28. The van der Waals surface area contributed by atoms with Crippen molar-refractivity contribution in [3.05, 3.63) is 29.3 Å². The summed E-state index contributed by atoms with van der Waals surface area (Å²) in [6.45, 7) is 5.40. The summed E-state index contributed by atoms with van der Waals surface area (Å²) in [7, 11) is 3.61. The average molecular weight is 223 g/mol. The van der Waals surface area contributed by atoms with E-state index in [0.717, 1.165) is 11.3 Å². The number of methoxy groups -OCH3 is 1. The molecule has 0 heterocycles. The van der Waals surface area contributed by atoms with Crippen LogP contribution < -0.4 is 10.1 Å². The van der Waals surface area contributed by atoms with Gasteiger partial charge in [0.1, 0.15) is 12.4 Å². The summed E-state index contributed by atoms with van der Waals surface area (Å²) in [5, 5.41) is 3.16. The van der Waals surface area contributed by atoms with Gasteiger partial charge in [0, 0.05) is 7.11 Å². The second kappa shape index (κ2) is 6.51. The number of benzene rings is 1. The predicted molar refractivity (Wildman–Crippen MR) is 66.1 cm³/mol. The van der Waals surface area contributed by atoms with Crippen molar-refractivity contribution in [3.8, 4) is 5.75 Å². The Balaban J connectivity index is 2.55. The van der Waals surface area contributed by atoms with Crippen LogP contribution in [0.4, 0.5) is 0 Å². The number of ether oxygens (including phenoxy) is 2. The van der Waals surface area contributed by atoms with E-state index in [0.29, 0.717) is 13.2 Å². The van der Waals surface area contributed by atoms with Crippen LogP contribution in [0.15, 0.2) is 18.2 Å². The van der Waals surface area contributed by atoms with E-state index >= 15 is 0 Å². The van der Waals surface area contributed by atoms with E-state index in [1.54, 1.807) is 7.11 Å². The highest BCUT2D eigenvalue weighted by Crippen LogP contribution is 2.19. The first-order valence-electron chi connectivity index (χ1n) is 5.53. The molecule has 16 heavy (non-hydrogen) atoms. The zero-order valence-electron chi connectivity index (χ0n) is 10.5. The van der Waals surface area contributed by atoms with Gasteiger partial charge in [0.25, 0.3) is 0 Å². The highest BCUT2D eigenvalue weighted by atomic mass is 16.5. The fourth-order valence-electron chi connectivity index (χ4n) is 1.47. The van der Waals surface area contributed by atoms with E-state index < -0.39 is 0 Å². The van der Waals surface area contributed by atoms with Crippen molar-refractivity contribution in [3.63, 3.8) is 0 Å². The summed E-state index contributed by atoms with van der Waals surface area (Å²) in [6.07, 6.45) is 0. The van der Waals surface area contributed by atoms with Crippen molar-refractivity contribution in [1.29, 1.82) is 0 Å². The van der Waals surface area contributed by atoms with Crippen LogP contribution >= 0.6 is 0 Å². The highest BCUT2D eigenvalue weighted by molar-refractivity contribution is 5.35. The van der Waals surface area contributed by atoms with Crippen molar-refractivity contribution in [2.24, 2.45) is 0 Å². The van der Waals surface area contributed by atoms with Gasteiger partial charge in [-0.1, -0.05) is 12.1 Å². The van der Waals surface area contributed by atoms with Crippen LogP contribution in [0.1, 0.15) is 11.1 Å². The van der Waals surface area contributed by atoms with Crippen molar-refractivity contribution < 1.29 is 9.47 Å². The molecule has 1 rings (SSSR count). The molecule has 1 N–H and O–H groups in total. The lowest BCUT2D eigenvalue weighted by Crippen LogP contribution is -2.35. The van der Waals surface area contributed by atoms with Gasteiger partial charge in [-0.05, 0) is 38.1 Å². The molecule has 0 saturated carbocycles. The molecule has 90 valence electrons. The maximum Gasteiger partial charge on any atom is 0.122 e. The van der Waals surface area contributed by atoms with Crippen molar-refractivity contribution in [2.75, 3.05) is 27.4 Å². The molecule has 3 nitrogen and oxygen atoms in total. The van der Waals surface area contributed by atoms with E-state index in [4.69, 9.17) is 9.47 Å². The number of hydrogen-bond donors (Lipinski definition) is 1. The lowest BCUT2D eigenvalue weighted by atomic mass is 10.1. The SMILES string of the molecule is CNC(COC)COc1cc(C)ccc1C. The Morgan fingerprint density at radius 3 is 2.62 bits per heavy atom. The summed E-state index contributed by atoms with van der Waals surface area (Å²) in [5.74, 6) is 0.955. The number of nitrogens with one attached hydrogen (secondary N) is 1. The largest absolute Gasteiger partial charge is 0.492 e. The lowest BCUT2D eigenvalue weighted by molar-refractivity contribution is 0.139. The van der Waals surface area contributed by atoms with Crippen LogP contribution in [0.3, 0.4) is 0 Å². The fraction of sp³-hybridized carbons (Fsp3) is 0.538. The molecule has 0 bridgehead atoms. The number of likely N-dealkylation sites (N-methyl/N-ethyl adjacent to an activating group) is 1. The molecule has 0 spiro atoms. The molecule has 1 unspecified atom stereocenters. The molecule has 0 aliphatic rings. The Hall–Kier alpha value is -1.06. The Morgan fingerprint density at radius 2 is 2.00 bits per heavy atom. The minimum Gasteiger partial charge on any atom is -0.492 e. The molecule has 0 amide bonds. The Labute approximate surface area is 97.8 Å². The third-order valence-electron chi connectivity index (χ3n) is 2.56. The van der Waals surface area contributed by atoms with Crippen molar-refractivity contribution in [2.45, 2.75) is 19.9 Å². The van der Waals surface area contributed by atoms with Crippen LogP contribution in [0.5, 0.6) is 5.75 Å². The summed E-state index contributed by atoms with van der Waals surface area (Å²) in [4.78, 5) is 0. The topological polar surface area (TPSA) is 30.5 Å². The maximum atomic E-state index is 5.78. The standard InChI is InChI=1S/C13H21NO2/c1-10-5-6-11(2)13(7-10)16-9-12(14-3)8-15-4/h5-7,12,14H,8-9H2,1-4H3. The lowest BCUT2D eigenvalue weighted by Gasteiger charge is -2.17. The second-order valence-corrected chi connectivity index (χ2v) is 4.02. The second-order valence-electron chi connectivity index (χ2n) is 4.02. The fourth-order valence-corrected chi connectivity index (χ4v) is 1.47. The molecular weight excluding hydrogens is 202 g/mol. The van der Waals surface area contributed by atoms with Crippen molar-refractivity contribution >= 4 is 0 Å². The third-order valence-corrected chi connectivity index (χ3v) is 2.56. The summed E-state index contributed by atoms with van der Waals surface area (Å²) in [6, 6.07) is 6.46. The summed E-state index contributed by atoms with van der Waals surface area (Å²) in [5.41, 5.74) is 2.38. The first kappa shape index (κ1) is 13.0. The van der Waals surface area contributed by atoms with E-state index in [1.807, 2.05) is 7.05 Å². The van der Waals surface area contributed by atoms with E-state index in [9.17, 15) is 0 Å². The molecule has 0 saturated heterocycles. The first-order valence-corrected chi connectivity index (χ1v) is 5.53. The molecule has 0 radical (unpaired) electrons. The van der Waals surface area contributed by atoms with Gasteiger partial charge in [-0.3, -0.25) is 0 Å². The minimum atomic E-state index is 0.227. The molecule has 1 atom stereocenters. The Kier molecular flexibility index (Phi) is 5.29. The first-order chi connectivity index (χ1) is 7.67. The number of rotatable bonds is 6. The van der Waals surface area contributed by atoms with E-state index in [1.165, 1.54) is 5.56 Å². The third kappa shape index (κ3) is 3.83. The molecule has 0 aliphatic carbocycles. The number of aryl methyl sites for hydroxylation is 2. The van der Waals surface area contributed by atoms with Crippen LogP contribution in [0.25, 0.3) is 0 Å². The maximum absolute atomic E-state index is 5.78. The Morgan fingerprint density at radius 1 is 1.25 bits per heavy atom. The summed E-state index contributed by atoms with van der Waals surface area (Å²) < 4.78 is 10.9. The Bertz CT molecular complexity index is 326. The zero-order valence-corrected chi connectivity index (χ0v) is 10.5. The highest BCUT2D eigenvalue weighted by Gasteiger charge is 2.07. The smallest absolute Gasteiger partial charge is 0.122 e. The predicted octanol–water partition coefficient (Wildman–Crippen LogP) is 1.92. The van der Waals surface area contributed by atoms with Crippen LogP contribution in [-0.2, 0) is 4.74 Å². The molecule has 0 aliphatic heterocycles. The van der Waals surface area contributed by atoms with Crippen molar-refractivity contribution in [1.82, 2.24) is 5.32 Å². The van der Waals surface area contributed by atoms with Gasteiger partial charge in [0.15, 0.2) is 0 Å². The van der Waals surface area contributed by atoms with Gasteiger partial charge in [-0.2, -0.15) is 0 Å². The van der Waals surface area contributed by atoms with Gasteiger partial charge in [-0.15, -0.1) is 0 Å². The van der Waals surface area contributed by atoms with Crippen LogP contribution in [-0.4, -0.2) is 33.4 Å². The molecular formula is C13H21NO2. The normalized spacial score (nSPS) is 12.5. The van der Waals surface area contributed by atoms with E-state index in [2.05, 4.69) is 37.4 Å². The molecule has 1 aromatic carbocycles. The monoisotopic (exact) mass is 223 g/mol. The van der Waals surface area contributed by atoms with Gasteiger partial charge >= 0.3 is 0 Å². The minimum absolute atomic E-state index is 0.227. The zero-order chi connectivity index (χ0) is 12.0. The van der Waals surface area contributed by atoms with Gasteiger partial charge in [-0.25, -0.2) is 0 Å². The quantitative estimate of drug-likeness (QED) is 0.799. The molecule has 0 aromatic heterocycles. The van der Waals surface area contributed by atoms with E-state index in [-0.39, 0.29) is 6.04 Å². The van der Waals surface area contributed by atoms with Gasteiger partial charge in [0.2, 0.25) is 0 Å². The molecule has 0 fully saturated rings. The van der Waals surface area contributed by atoms with Crippen LogP contribution in [0.2, 0.25) is 0 Å². The molecule has 1 aromatic rings. The van der Waals surface area contributed by atoms with Gasteiger partial charge in [0.05, 0.1) is 12.6 Å². The van der Waals surface area contributed by atoms with Crippen LogP contribution in [0, 0.1) is 13.8 Å². The van der Waals surface area contributed by atoms with Gasteiger partial charge < -0.3 is 14.8 Å². The summed E-state index contributed by atoms with van der Waals surface area (Å²) >= 11 is 0. The number of hydrogen-bond acceptors (Lipinski definition) is 3. The molecule has 3 heteroatoms.